The topological polar surface area (TPSA) is 50.7 Å². The van der Waals surface area contributed by atoms with Crippen LogP contribution in [0.25, 0.3) is 10.9 Å². The van der Waals surface area contributed by atoms with E-state index in [-0.39, 0.29) is 5.56 Å². The highest BCUT2D eigenvalue weighted by Gasteiger charge is 2.26. The average Bonchev–Trinajstić information content (AvgIpc) is 2.87. The first-order chi connectivity index (χ1) is 6.75. The van der Waals surface area contributed by atoms with Crippen LogP contribution < -0.4 is 5.56 Å². The molecular formula is C9H8ClN3O. The molecule has 1 aliphatic rings. The highest BCUT2D eigenvalue weighted by atomic mass is 35.5. The van der Waals surface area contributed by atoms with E-state index in [4.69, 9.17) is 11.6 Å². The summed E-state index contributed by atoms with van der Waals surface area (Å²) in [6.45, 7) is 0. The third kappa shape index (κ3) is 1.07. The van der Waals surface area contributed by atoms with Gasteiger partial charge in [-0.25, -0.2) is 0 Å². The van der Waals surface area contributed by atoms with Crippen molar-refractivity contribution >= 4 is 22.5 Å². The maximum absolute atomic E-state index is 11.5. The molecule has 5 heteroatoms. The van der Waals surface area contributed by atoms with Gasteiger partial charge in [-0.1, -0.05) is 11.6 Å². The Bertz CT molecular complexity index is 553. The Morgan fingerprint density at radius 2 is 2.36 bits per heavy atom. The summed E-state index contributed by atoms with van der Waals surface area (Å²) in [7, 11) is 0. The van der Waals surface area contributed by atoms with E-state index in [9.17, 15) is 4.79 Å². The van der Waals surface area contributed by atoms with Crippen molar-refractivity contribution in [2.45, 2.75) is 18.9 Å². The maximum atomic E-state index is 11.5. The van der Waals surface area contributed by atoms with Gasteiger partial charge in [0.05, 0.1) is 23.1 Å². The minimum Gasteiger partial charge on any atom is -0.312 e. The van der Waals surface area contributed by atoms with Gasteiger partial charge in [-0.15, -0.1) is 0 Å². The lowest BCUT2D eigenvalue weighted by Gasteiger charge is -1.99. The van der Waals surface area contributed by atoms with E-state index >= 15 is 0 Å². The van der Waals surface area contributed by atoms with Gasteiger partial charge in [-0.2, -0.15) is 5.10 Å². The number of fused-ring (bicyclic) bond motifs is 1. The number of aromatic amines is 1. The van der Waals surface area contributed by atoms with Crippen molar-refractivity contribution in [2.24, 2.45) is 0 Å². The molecule has 72 valence electrons. The lowest BCUT2D eigenvalue weighted by molar-refractivity contribution is 0.665. The van der Waals surface area contributed by atoms with E-state index in [0.29, 0.717) is 16.6 Å². The number of halogens is 1. The van der Waals surface area contributed by atoms with Crippen molar-refractivity contribution in [1.82, 2.24) is 14.8 Å². The van der Waals surface area contributed by atoms with E-state index in [2.05, 4.69) is 10.1 Å². The first-order valence-electron chi connectivity index (χ1n) is 4.52. The van der Waals surface area contributed by atoms with Gasteiger partial charge in [0.1, 0.15) is 5.15 Å². The maximum Gasteiger partial charge on any atom is 0.260 e. The van der Waals surface area contributed by atoms with E-state index in [0.717, 1.165) is 18.4 Å². The lowest BCUT2D eigenvalue weighted by atomic mass is 10.3. The smallest absolute Gasteiger partial charge is 0.260 e. The number of aromatic nitrogens is 3. The third-order valence-corrected chi connectivity index (χ3v) is 2.67. The molecule has 0 atom stereocenters. The Labute approximate surface area is 84.5 Å². The minimum atomic E-state index is -0.167. The van der Waals surface area contributed by atoms with Crippen molar-refractivity contribution in [2.75, 3.05) is 0 Å². The molecule has 0 aromatic carbocycles. The van der Waals surface area contributed by atoms with Crippen LogP contribution in [0, 0.1) is 0 Å². The summed E-state index contributed by atoms with van der Waals surface area (Å²) in [4.78, 5) is 14.0. The molecule has 0 radical (unpaired) electrons. The van der Waals surface area contributed by atoms with Crippen LogP contribution >= 0.6 is 11.6 Å². The molecule has 14 heavy (non-hydrogen) atoms. The van der Waals surface area contributed by atoms with Gasteiger partial charge in [-0.05, 0) is 18.9 Å². The number of nitrogens with zero attached hydrogens (tertiary/aromatic N) is 2. The monoisotopic (exact) mass is 209 g/mol. The van der Waals surface area contributed by atoms with E-state index in [1.165, 1.54) is 0 Å². The van der Waals surface area contributed by atoms with Crippen LogP contribution in [0.5, 0.6) is 0 Å². The second-order valence-electron chi connectivity index (χ2n) is 3.57. The third-order valence-electron chi connectivity index (χ3n) is 2.47. The predicted octanol–water partition coefficient (Wildman–Crippen LogP) is 1.71. The van der Waals surface area contributed by atoms with Gasteiger partial charge in [-0.3, -0.25) is 9.48 Å². The molecule has 2 aromatic heterocycles. The van der Waals surface area contributed by atoms with E-state index in [1.54, 1.807) is 12.3 Å². The predicted molar refractivity (Wildman–Crippen MR) is 53.6 cm³/mol. The Kier molecular flexibility index (Phi) is 1.50. The van der Waals surface area contributed by atoms with Crippen molar-refractivity contribution in [3.63, 3.8) is 0 Å². The van der Waals surface area contributed by atoms with Crippen molar-refractivity contribution in [1.29, 1.82) is 0 Å². The van der Waals surface area contributed by atoms with Crippen LogP contribution in [-0.2, 0) is 0 Å². The van der Waals surface area contributed by atoms with E-state index < -0.39 is 0 Å². The number of rotatable bonds is 1. The quantitative estimate of drug-likeness (QED) is 0.727. The molecule has 4 nitrogen and oxygen atoms in total. The van der Waals surface area contributed by atoms with Crippen LogP contribution in [0.1, 0.15) is 18.9 Å². The first kappa shape index (κ1) is 8.05. The Morgan fingerprint density at radius 1 is 1.57 bits per heavy atom. The molecule has 0 bridgehead atoms. The molecule has 3 rings (SSSR count). The SMILES string of the molecule is O=c1[nH]c(Cl)cc2c1cnn2C1CC1. The van der Waals surface area contributed by atoms with Crippen LogP contribution in [0.4, 0.5) is 0 Å². The second-order valence-corrected chi connectivity index (χ2v) is 3.97. The lowest BCUT2D eigenvalue weighted by Crippen LogP contribution is -2.05. The molecule has 0 saturated heterocycles. The zero-order valence-corrected chi connectivity index (χ0v) is 8.08. The molecule has 0 unspecified atom stereocenters. The number of hydrogen-bond donors (Lipinski definition) is 1. The van der Waals surface area contributed by atoms with Crippen LogP contribution in [0.15, 0.2) is 17.1 Å². The molecule has 0 amide bonds. The Morgan fingerprint density at radius 3 is 3.07 bits per heavy atom. The summed E-state index contributed by atoms with van der Waals surface area (Å²) in [6, 6.07) is 2.22. The summed E-state index contributed by atoms with van der Waals surface area (Å²) in [5, 5.41) is 5.18. The van der Waals surface area contributed by atoms with Gasteiger partial charge in [0, 0.05) is 0 Å². The molecular weight excluding hydrogens is 202 g/mol. The van der Waals surface area contributed by atoms with Crippen LogP contribution in [0.2, 0.25) is 5.15 Å². The van der Waals surface area contributed by atoms with Crippen molar-refractivity contribution in [3.05, 3.63) is 27.8 Å². The van der Waals surface area contributed by atoms with Gasteiger partial charge < -0.3 is 4.98 Å². The molecule has 1 fully saturated rings. The summed E-state index contributed by atoms with van der Waals surface area (Å²) in [5.74, 6) is 0. The van der Waals surface area contributed by atoms with Gasteiger partial charge in [0.15, 0.2) is 0 Å². The van der Waals surface area contributed by atoms with E-state index in [1.807, 2.05) is 4.68 Å². The fraction of sp³-hybridized carbons (Fsp3) is 0.333. The van der Waals surface area contributed by atoms with Gasteiger partial charge >= 0.3 is 0 Å². The second kappa shape index (κ2) is 2.60. The summed E-state index contributed by atoms with van der Waals surface area (Å²) >= 11 is 5.78. The van der Waals surface area contributed by atoms with Gasteiger partial charge in [0.2, 0.25) is 0 Å². The molecule has 1 saturated carbocycles. The molecule has 0 spiro atoms. The first-order valence-corrected chi connectivity index (χ1v) is 4.89. The summed E-state index contributed by atoms with van der Waals surface area (Å²) in [6.07, 6.45) is 3.88. The van der Waals surface area contributed by atoms with Crippen molar-refractivity contribution < 1.29 is 0 Å². The zero-order valence-electron chi connectivity index (χ0n) is 7.33. The van der Waals surface area contributed by atoms with Crippen molar-refractivity contribution in [3.8, 4) is 0 Å². The number of nitrogens with one attached hydrogen (secondary N) is 1. The highest BCUT2D eigenvalue weighted by molar-refractivity contribution is 6.29. The molecule has 0 aliphatic heterocycles. The molecule has 1 N–H and O–H groups in total. The fourth-order valence-electron chi connectivity index (χ4n) is 1.63. The Balaban J connectivity index is 2.38. The van der Waals surface area contributed by atoms with Crippen LogP contribution in [0.3, 0.4) is 0 Å². The zero-order chi connectivity index (χ0) is 9.71. The normalized spacial score (nSPS) is 16.4. The summed E-state index contributed by atoms with van der Waals surface area (Å²) < 4.78 is 1.89. The highest BCUT2D eigenvalue weighted by Crippen LogP contribution is 2.36. The van der Waals surface area contributed by atoms with Crippen LogP contribution in [-0.4, -0.2) is 14.8 Å². The Hall–Kier alpha value is -1.29. The molecule has 2 aromatic rings. The average molecular weight is 210 g/mol. The number of hydrogen-bond acceptors (Lipinski definition) is 2. The fourth-order valence-corrected chi connectivity index (χ4v) is 1.82. The number of H-pyrrole nitrogens is 1. The minimum absolute atomic E-state index is 0.167. The number of pyridine rings is 1. The molecule has 1 aliphatic carbocycles. The summed E-state index contributed by atoms with van der Waals surface area (Å²) in [5.41, 5.74) is 0.667. The van der Waals surface area contributed by atoms with Gasteiger partial charge in [0.25, 0.3) is 5.56 Å². The molecule has 2 heterocycles. The standard InChI is InChI=1S/C9H8ClN3O/c10-8-3-7-6(9(14)12-8)4-11-13(7)5-1-2-5/h3-5H,1-2H2,(H,12,14). The largest absolute Gasteiger partial charge is 0.312 e.